The largest absolute Gasteiger partial charge is 0.0625 e. The molecular formula is C124H200. The topological polar surface area (TPSA) is 0 Å². The summed E-state index contributed by atoms with van der Waals surface area (Å²) in [6.07, 6.45) is -1.23. The van der Waals surface area contributed by atoms with Crippen LogP contribution in [-0.2, 0) is 105 Å². The monoisotopic (exact) mass is 1700 g/mol. The lowest BCUT2D eigenvalue weighted by Crippen LogP contribution is -2.24. The fourth-order valence-corrected chi connectivity index (χ4v) is 17.3. The standard InChI is InChI=1S/2C18H30.C17H28.C16H26.3C14H22.C13H20/c2*1-13(2)11-15-9-8-10-16(12-14(3)4)17(15)18(5,6)7;1-12(2)13-10-9-11-14(16(3,4)5)15(13)17(6,7)8;1-11(2)13-9-8-10-14(12(3)4)15(13)16(5,6)7;1-13(2,3)11-9-7-8-10-12(11)14(4,5)6;2*1-6-11-9-8-10-12(7-2)13(11)14(3,4)5;1-10(2)11-8-6-7-9-12(11)13(3,4)5/h2*8-10,13-14H,11-12H2,1-7H3;9-12H,1-8H3;8-12H,1-7H3;7-10H,1-6H3;2*8-10H,6-7H2,1-5H3;6-10H,1-5H3/i11D2,12D2;;12D;;;6D2,7D2;;. The Morgan fingerprint density at radius 1 is 0.210 bits per heavy atom. The van der Waals surface area contributed by atoms with E-state index in [1.165, 1.54) is 82.3 Å². The molecule has 0 aliphatic rings. The molecule has 0 unspecified atom stereocenters. The molecule has 0 aliphatic carbocycles. The first-order valence-electron chi connectivity index (χ1n) is 52.5. The SMILES string of the molecule is CC(C)(C)c1ccccc1C(C)(C)C.CC(C)Cc1cccc(CC(C)C)c1C(C)(C)C.CC(C)c1cccc(C(C)C)c1C(C)(C)C.CC(C)c1ccccc1C(C)(C)C.CCc1cccc(CC)c1C(C)(C)C.[2H]C(C)(C)c1cccc(C(C)(C)C)c1C(C)(C)C.[2H]C([2H])(C)c1cccc(C([2H])([2H])C)c1C(C)(C)C.[2H]C([2H])(c1cccc(C([2H])([2H])C(C)C)c1C(C)(C)C)C(C)C. The molecule has 0 saturated heterocycles. The summed E-state index contributed by atoms with van der Waals surface area (Å²) >= 11 is 0. The van der Waals surface area contributed by atoms with Crippen LogP contribution in [0.4, 0.5) is 0 Å². The van der Waals surface area contributed by atoms with Crippen LogP contribution in [0.1, 0.15) is 505 Å². The molecule has 0 amide bonds. The Morgan fingerprint density at radius 2 is 0.435 bits per heavy atom. The smallest absolute Gasteiger partial charge is 0.0347 e. The summed E-state index contributed by atoms with van der Waals surface area (Å²) in [7, 11) is 0. The van der Waals surface area contributed by atoms with Crippen LogP contribution >= 0.6 is 0 Å². The minimum atomic E-state index is -1.48. The molecule has 696 valence electrons. The number of benzene rings is 8. The highest BCUT2D eigenvalue weighted by molar-refractivity contribution is 5.48. The van der Waals surface area contributed by atoms with Crippen molar-refractivity contribution in [3.05, 3.63) is 280 Å². The Hall–Kier alpha value is -6.24. The third-order valence-electron chi connectivity index (χ3n) is 22.3. The fraction of sp³-hybridized carbons (Fsp3) is 0.613. The van der Waals surface area contributed by atoms with Gasteiger partial charge in [-0.1, -0.05) is 504 Å². The fourth-order valence-electron chi connectivity index (χ4n) is 17.3. The highest BCUT2D eigenvalue weighted by Gasteiger charge is 2.31. The van der Waals surface area contributed by atoms with E-state index in [0.29, 0.717) is 40.0 Å². The Kier molecular flexibility index (Phi) is 39.9. The van der Waals surface area contributed by atoms with Crippen molar-refractivity contribution in [1.29, 1.82) is 0 Å². The van der Waals surface area contributed by atoms with Gasteiger partial charge in [-0.3, -0.25) is 0 Å². The van der Waals surface area contributed by atoms with Gasteiger partial charge in [-0.2, -0.15) is 0 Å². The predicted octanol–water partition coefficient (Wildman–Crippen LogP) is 38.0. The molecule has 0 heteroatoms. The maximum absolute atomic E-state index is 8.50. The Balaban J connectivity index is 0.000000764. The zero-order valence-electron chi connectivity index (χ0n) is 99.4. The summed E-state index contributed by atoms with van der Waals surface area (Å²) in [6.45, 7) is 109. The second-order valence-electron chi connectivity index (χ2n) is 48.0. The minimum absolute atomic E-state index is 0.0670. The summed E-state index contributed by atoms with van der Waals surface area (Å²) in [6, 6.07) is 55.0. The van der Waals surface area contributed by atoms with Crippen LogP contribution < -0.4 is 0 Å². The van der Waals surface area contributed by atoms with E-state index < -0.39 is 31.4 Å². The van der Waals surface area contributed by atoms with Gasteiger partial charge in [0.05, 0.1) is 0 Å². The Morgan fingerprint density at radius 3 is 0.694 bits per heavy atom. The van der Waals surface area contributed by atoms with Gasteiger partial charge in [0.15, 0.2) is 0 Å². The van der Waals surface area contributed by atoms with Gasteiger partial charge in [0.25, 0.3) is 0 Å². The van der Waals surface area contributed by atoms with Gasteiger partial charge in [-0.25, -0.2) is 0 Å². The molecule has 8 rings (SSSR count). The molecule has 0 bridgehead atoms. The van der Waals surface area contributed by atoms with Gasteiger partial charge in [-0.15, -0.1) is 0 Å². The van der Waals surface area contributed by atoms with Gasteiger partial charge >= 0.3 is 0 Å². The van der Waals surface area contributed by atoms with E-state index in [-0.39, 0.29) is 66.0 Å². The van der Waals surface area contributed by atoms with E-state index in [1.54, 1.807) is 52.1 Å². The maximum atomic E-state index is 8.50. The Labute approximate surface area is 786 Å². The van der Waals surface area contributed by atoms with Crippen LogP contribution in [0.15, 0.2) is 158 Å². The third-order valence-corrected chi connectivity index (χ3v) is 22.3. The van der Waals surface area contributed by atoms with Crippen LogP contribution in [0.25, 0.3) is 0 Å². The average Bonchev–Trinajstić information content (AvgIpc) is 0.736. The molecule has 0 fully saturated rings. The van der Waals surface area contributed by atoms with E-state index >= 15 is 0 Å². The lowest BCUT2D eigenvalue weighted by molar-refractivity contribution is 0.521. The molecule has 0 atom stereocenters. The van der Waals surface area contributed by atoms with Crippen molar-refractivity contribution < 1.29 is 12.3 Å². The molecule has 0 aromatic heterocycles. The summed E-state index contributed by atoms with van der Waals surface area (Å²) in [5.41, 5.74) is 28.7. The summed E-state index contributed by atoms with van der Waals surface area (Å²) in [4.78, 5) is 0. The van der Waals surface area contributed by atoms with Gasteiger partial charge in [-0.05, 0) is 275 Å². The maximum Gasteiger partial charge on any atom is 0.0347 e. The molecule has 0 aliphatic heterocycles. The van der Waals surface area contributed by atoms with Crippen molar-refractivity contribution in [3.63, 3.8) is 0 Å². The molecule has 8 aromatic rings. The van der Waals surface area contributed by atoms with E-state index in [1.807, 2.05) is 95.2 Å². The molecule has 0 spiro atoms. The molecule has 0 saturated carbocycles. The van der Waals surface area contributed by atoms with Crippen molar-refractivity contribution in [3.8, 4) is 0 Å². The van der Waals surface area contributed by atoms with Gasteiger partial charge in [0.1, 0.15) is 0 Å². The molecule has 0 heterocycles. The van der Waals surface area contributed by atoms with Crippen LogP contribution in [0.3, 0.4) is 0 Å². The van der Waals surface area contributed by atoms with Gasteiger partial charge in [0.2, 0.25) is 0 Å². The predicted molar refractivity (Wildman–Crippen MR) is 567 cm³/mol. The normalized spacial score (nSPS) is 14.1. The second-order valence-corrected chi connectivity index (χ2v) is 48.0. The molecule has 0 N–H and O–H groups in total. The molecule has 8 aromatic carbocycles. The van der Waals surface area contributed by atoms with E-state index in [4.69, 9.17) is 12.3 Å². The van der Waals surface area contributed by atoms with Crippen LogP contribution in [0, 0.1) is 23.7 Å². The molecule has 0 nitrogen and oxygen atoms in total. The van der Waals surface area contributed by atoms with E-state index in [2.05, 4.69) is 371 Å². The first-order chi connectivity index (χ1) is 59.6. The quantitative estimate of drug-likeness (QED) is 0.0904. The summed E-state index contributed by atoms with van der Waals surface area (Å²) < 4.78 is 74.1. The number of rotatable bonds is 16. The minimum Gasteiger partial charge on any atom is -0.0625 e. The molecular weight excluding hydrogens is 1490 g/mol. The van der Waals surface area contributed by atoms with Crippen molar-refractivity contribution in [2.75, 3.05) is 0 Å². The number of aryl methyl sites for hydroxylation is 4. The summed E-state index contributed by atoms with van der Waals surface area (Å²) in [5.74, 6) is 2.38. The first kappa shape index (κ1) is 99.9. The highest BCUT2D eigenvalue weighted by Crippen LogP contribution is 2.42. The zero-order valence-corrected chi connectivity index (χ0v) is 90.4. The van der Waals surface area contributed by atoms with Gasteiger partial charge < -0.3 is 0 Å². The van der Waals surface area contributed by atoms with Crippen LogP contribution in [-0.4, -0.2) is 0 Å². The lowest BCUT2D eigenvalue weighted by atomic mass is 9.71. The number of hydrogen-bond acceptors (Lipinski definition) is 0. The van der Waals surface area contributed by atoms with Crippen molar-refractivity contribution in [1.82, 2.24) is 0 Å². The van der Waals surface area contributed by atoms with Crippen LogP contribution in [0.2, 0.25) is 0 Å². The van der Waals surface area contributed by atoms with Crippen molar-refractivity contribution in [2.24, 2.45) is 23.7 Å². The third kappa shape index (κ3) is 38.2. The van der Waals surface area contributed by atoms with Crippen LogP contribution in [0.5, 0.6) is 0 Å². The van der Waals surface area contributed by atoms with E-state index in [9.17, 15) is 0 Å². The van der Waals surface area contributed by atoms with E-state index in [0.717, 1.165) is 41.4 Å². The van der Waals surface area contributed by atoms with Crippen molar-refractivity contribution >= 4 is 0 Å². The molecule has 0 radical (unpaired) electrons. The van der Waals surface area contributed by atoms with Crippen molar-refractivity contribution in [2.45, 2.75) is 475 Å². The first-order valence-corrected chi connectivity index (χ1v) is 48.0. The number of hydrogen-bond donors (Lipinski definition) is 0. The lowest BCUT2D eigenvalue weighted by Gasteiger charge is -2.33. The Bertz CT molecular complexity index is 4540. The summed E-state index contributed by atoms with van der Waals surface area (Å²) in [5, 5.41) is 0. The van der Waals surface area contributed by atoms with Gasteiger partial charge in [0, 0.05) is 12.3 Å². The average molecular weight is 1700 g/mol. The second kappa shape index (κ2) is 49.5. The highest BCUT2D eigenvalue weighted by atomic mass is 14.4. The molecule has 124 heavy (non-hydrogen) atoms. The zero-order chi connectivity index (χ0) is 104.